The van der Waals surface area contributed by atoms with Gasteiger partial charge < -0.3 is 10.1 Å². The molecular weight excluding hydrogens is 261 g/mol. The van der Waals surface area contributed by atoms with Crippen LogP contribution >= 0.6 is 0 Å². The first kappa shape index (κ1) is 15.4. The Kier molecular flexibility index (Phi) is 5.29. The lowest BCUT2D eigenvalue weighted by Gasteiger charge is -2.14. The summed E-state index contributed by atoms with van der Waals surface area (Å²) in [6.45, 7) is 1.79. The lowest BCUT2D eigenvalue weighted by Crippen LogP contribution is -2.36. The zero-order valence-electron chi connectivity index (χ0n) is 10.6. The fourth-order valence-electron chi connectivity index (χ4n) is 1.31. The smallest absolute Gasteiger partial charge is 0.359 e. The summed E-state index contributed by atoms with van der Waals surface area (Å²) in [4.78, 5) is 15.6. The Morgan fingerprint density at radius 1 is 1.47 bits per heavy atom. The molecule has 0 saturated carbocycles. The third kappa shape index (κ3) is 6.19. The molecule has 1 amide bonds. The number of alkyl halides is 3. The van der Waals surface area contributed by atoms with Gasteiger partial charge in [0.2, 0.25) is 5.91 Å². The molecule has 1 N–H and O–H groups in total. The molecule has 0 radical (unpaired) electrons. The number of carbonyl (C=O) groups is 1. The molecule has 1 aromatic rings. The molecule has 0 saturated heterocycles. The van der Waals surface area contributed by atoms with Crippen molar-refractivity contribution in [2.45, 2.75) is 32.7 Å². The van der Waals surface area contributed by atoms with Crippen LogP contribution in [0, 0.1) is 6.92 Å². The number of aromatic nitrogens is 1. The molecule has 106 valence electrons. The first-order chi connectivity index (χ1) is 8.78. The van der Waals surface area contributed by atoms with E-state index in [1.54, 1.807) is 25.1 Å². The molecule has 0 aromatic carbocycles. The number of nitrogens with zero attached hydrogens (tertiary/aromatic N) is 1. The Morgan fingerprint density at radius 2 is 2.16 bits per heavy atom. The average molecular weight is 276 g/mol. The van der Waals surface area contributed by atoms with Crippen molar-refractivity contribution >= 4 is 5.91 Å². The number of ether oxygens (including phenoxy) is 1. The summed E-state index contributed by atoms with van der Waals surface area (Å²) in [5.41, 5.74) is 1.43. The average Bonchev–Trinajstić information content (AvgIpc) is 2.32. The van der Waals surface area contributed by atoms with E-state index in [0.29, 0.717) is 5.69 Å². The Balaban J connectivity index is 2.38. The predicted molar refractivity (Wildman–Crippen MR) is 62.3 cm³/mol. The highest BCUT2D eigenvalue weighted by atomic mass is 19.4. The number of hydrogen-bond acceptors (Lipinski definition) is 3. The summed E-state index contributed by atoms with van der Waals surface area (Å²) >= 11 is 0. The highest BCUT2D eigenvalue weighted by molar-refractivity contribution is 5.80. The van der Waals surface area contributed by atoms with E-state index in [1.165, 1.54) is 6.92 Å². The molecule has 0 aliphatic rings. The molecule has 0 aliphatic carbocycles. The second-order valence-corrected chi connectivity index (χ2v) is 4.06. The monoisotopic (exact) mass is 276 g/mol. The standard InChI is InChI=1S/C12H15F3N2O2/c1-8-4-3-5-10(17-8)6-16-11(18)9(2)19-7-12(13,14)15/h3-5,9H,6-7H2,1-2H3,(H,16,18). The Labute approximate surface area is 109 Å². The van der Waals surface area contributed by atoms with Gasteiger partial charge >= 0.3 is 6.18 Å². The summed E-state index contributed by atoms with van der Waals surface area (Å²) in [7, 11) is 0. The minimum Gasteiger partial charge on any atom is -0.359 e. The molecule has 1 aromatic heterocycles. The molecule has 1 atom stereocenters. The largest absolute Gasteiger partial charge is 0.411 e. The maximum atomic E-state index is 11.9. The number of hydrogen-bond donors (Lipinski definition) is 1. The normalized spacial score (nSPS) is 13.1. The van der Waals surface area contributed by atoms with Gasteiger partial charge in [0.05, 0.1) is 12.2 Å². The van der Waals surface area contributed by atoms with Crippen LogP contribution in [0.25, 0.3) is 0 Å². The SMILES string of the molecule is Cc1cccc(CNC(=O)C(C)OCC(F)(F)F)n1. The minimum absolute atomic E-state index is 0.153. The van der Waals surface area contributed by atoms with Crippen LogP contribution in [0.2, 0.25) is 0 Å². The van der Waals surface area contributed by atoms with E-state index in [9.17, 15) is 18.0 Å². The molecule has 0 bridgehead atoms. The van der Waals surface area contributed by atoms with Gasteiger partial charge in [0.15, 0.2) is 0 Å². The predicted octanol–water partition coefficient (Wildman–Crippen LogP) is 1.97. The van der Waals surface area contributed by atoms with Crippen molar-refractivity contribution in [2.24, 2.45) is 0 Å². The third-order valence-corrected chi connectivity index (χ3v) is 2.26. The van der Waals surface area contributed by atoms with Crippen molar-refractivity contribution in [1.82, 2.24) is 10.3 Å². The highest BCUT2D eigenvalue weighted by Crippen LogP contribution is 2.15. The Bertz CT molecular complexity index is 435. The van der Waals surface area contributed by atoms with Crippen LogP contribution in [-0.4, -0.2) is 29.8 Å². The molecule has 0 fully saturated rings. The van der Waals surface area contributed by atoms with E-state index in [0.717, 1.165) is 5.69 Å². The Hall–Kier alpha value is -1.63. The topological polar surface area (TPSA) is 51.2 Å². The third-order valence-electron chi connectivity index (χ3n) is 2.26. The van der Waals surface area contributed by atoms with Crippen molar-refractivity contribution in [3.63, 3.8) is 0 Å². The van der Waals surface area contributed by atoms with Crippen LogP contribution in [0.3, 0.4) is 0 Å². The molecule has 0 aliphatic heterocycles. The molecule has 1 rings (SSSR count). The van der Waals surface area contributed by atoms with Crippen LogP contribution < -0.4 is 5.32 Å². The number of rotatable bonds is 5. The zero-order valence-corrected chi connectivity index (χ0v) is 10.6. The van der Waals surface area contributed by atoms with E-state index in [2.05, 4.69) is 15.0 Å². The maximum absolute atomic E-state index is 11.9. The maximum Gasteiger partial charge on any atom is 0.411 e. The van der Waals surface area contributed by atoms with Gasteiger partial charge in [-0.2, -0.15) is 13.2 Å². The number of amides is 1. The van der Waals surface area contributed by atoms with Gasteiger partial charge in [-0.05, 0) is 26.0 Å². The first-order valence-corrected chi connectivity index (χ1v) is 5.66. The summed E-state index contributed by atoms with van der Waals surface area (Å²) in [5, 5.41) is 2.47. The number of carbonyl (C=O) groups excluding carboxylic acids is 1. The Morgan fingerprint density at radius 3 is 2.74 bits per heavy atom. The van der Waals surface area contributed by atoms with Crippen molar-refractivity contribution in [3.8, 4) is 0 Å². The second-order valence-electron chi connectivity index (χ2n) is 4.06. The van der Waals surface area contributed by atoms with Gasteiger partial charge in [-0.1, -0.05) is 6.07 Å². The second kappa shape index (κ2) is 6.51. The van der Waals surface area contributed by atoms with E-state index in [4.69, 9.17) is 0 Å². The van der Waals surface area contributed by atoms with Gasteiger partial charge in [-0.25, -0.2) is 0 Å². The van der Waals surface area contributed by atoms with Crippen molar-refractivity contribution < 1.29 is 22.7 Å². The fraction of sp³-hybridized carbons (Fsp3) is 0.500. The lowest BCUT2D eigenvalue weighted by molar-refractivity contribution is -0.185. The summed E-state index contributed by atoms with van der Waals surface area (Å²) in [5.74, 6) is -0.604. The molecule has 4 nitrogen and oxygen atoms in total. The van der Waals surface area contributed by atoms with Gasteiger partial charge in [0, 0.05) is 5.69 Å². The number of nitrogens with one attached hydrogen (secondary N) is 1. The molecule has 19 heavy (non-hydrogen) atoms. The molecule has 1 heterocycles. The zero-order chi connectivity index (χ0) is 14.5. The van der Waals surface area contributed by atoms with Crippen molar-refractivity contribution in [2.75, 3.05) is 6.61 Å². The van der Waals surface area contributed by atoms with E-state index in [-0.39, 0.29) is 6.54 Å². The van der Waals surface area contributed by atoms with Crippen LogP contribution in [0.4, 0.5) is 13.2 Å². The summed E-state index contributed by atoms with van der Waals surface area (Å²) in [6, 6.07) is 5.31. The quantitative estimate of drug-likeness (QED) is 0.894. The van der Waals surface area contributed by atoms with E-state index >= 15 is 0 Å². The minimum atomic E-state index is -4.44. The van der Waals surface area contributed by atoms with Crippen LogP contribution in [-0.2, 0) is 16.1 Å². The van der Waals surface area contributed by atoms with Gasteiger partial charge in [0.1, 0.15) is 12.7 Å². The van der Waals surface area contributed by atoms with Gasteiger partial charge in [-0.15, -0.1) is 0 Å². The van der Waals surface area contributed by atoms with E-state index in [1.807, 2.05) is 0 Å². The number of halogens is 3. The van der Waals surface area contributed by atoms with Crippen LogP contribution in [0.5, 0.6) is 0 Å². The van der Waals surface area contributed by atoms with Gasteiger partial charge in [-0.3, -0.25) is 9.78 Å². The van der Waals surface area contributed by atoms with Crippen molar-refractivity contribution in [1.29, 1.82) is 0 Å². The molecular formula is C12H15F3N2O2. The fourth-order valence-corrected chi connectivity index (χ4v) is 1.31. The van der Waals surface area contributed by atoms with E-state index < -0.39 is 24.8 Å². The molecule has 7 heteroatoms. The highest BCUT2D eigenvalue weighted by Gasteiger charge is 2.29. The molecule has 0 spiro atoms. The first-order valence-electron chi connectivity index (χ1n) is 5.66. The van der Waals surface area contributed by atoms with Crippen LogP contribution in [0.15, 0.2) is 18.2 Å². The summed E-state index contributed by atoms with van der Waals surface area (Å²) < 4.78 is 40.1. The summed E-state index contributed by atoms with van der Waals surface area (Å²) in [6.07, 6.45) is -5.60. The molecule has 1 unspecified atom stereocenters. The lowest BCUT2D eigenvalue weighted by atomic mass is 10.3. The number of aryl methyl sites for hydroxylation is 1. The van der Waals surface area contributed by atoms with Crippen molar-refractivity contribution in [3.05, 3.63) is 29.6 Å². The number of pyridine rings is 1. The van der Waals surface area contributed by atoms with Gasteiger partial charge in [0.25, 0.3) is 0 Å². The van der Waals surface area contributed by atoms with Crippen LogP contribution in [0.1, 0.15) is 18.3 Å².